The minimum Gasteiger partial charge on any atom is -0.462 e. The second-order valence-corrected chi connectivity index (χ2v) is 11.4. The topological polar surface area (TPSA) is 69.7 Å². The first-order chi connectivity index (χ1) is 14.3. The standard InChI is InChI=1S/C22H29F3O5S/c1-13(26)29-19-6-4-5-14-7-8-15-16-9-10-18(30-31(27,28)22(23,24)25)20(16,2)12-11-17(15)21(14,19)3/h7,10,15-17,19H,4-6,8-9,11-12H2,1-3H3/t15-,16-,17-,19?,20-,21-/m0/s1. The van der Waals surface area contributed by atoms with Gasteiger partial charge in [-0.15, -0.1) is 0 Å². The number of allylic oxidation sites excluding steroid dienone is 3. The van der Waals surface area contributed by atoms with Gasteiger partial charge in [0.25, 0.3) is 0 Å². The molecule has 2 fully saturated rings. The van der Waals surface area contributed by atoms with E-state index < -0.39 is 21.0 Å². The largest absolute Gasteiger partial charge is 0.534 e. The minimum absolute atomic E-state index is 0.0146. The summed E-state index contributed by atoms with van der Waals surface area (Å²) in [6, 6.07) is 0. The lowest BCUT2D eigenvalue weighted by molar-refractivity contribution is -0.161. The van der Waals surface area contributed by atoms with Gasteiger partial charge < -0.3 is 8.92 Å². The van der Waals surface area contributed by atoms with E-state index in [0.29, 0.717) is 12.8 Å². The average molecular weight is 463 g/mol. The van der Waals surface area contributed by atoms with Gasteiger partial charge >= 0.3 is 21.6 Å². The van der Waals surface area contributed by atoms with E-state index in [1.807, 2.05) is 6.92 Å². The quantitative estimate of drug-likeness (QED) is 0.248. The van der Waals surface area contributed by atoms with E-state index in [0.717, 1.165) is 32.1 Å². The van der Waals surface area contributed by atoms with Gasteiger partial charge in [0.1, 0.15) is 11.9 Å². The van der Waals surface area contributed by atoms with E-state index in [4.69, 9.17) is 4.74 Å². The van der Waals surface area contributed by atoms with E-state index in [9.17, 15) is 26.4 Å². The molecule has 1 unspecified atom stereocenters. The molecule has 0 spiro atoms. The van der Waals surface area contributed by atoms with Gasteiger partial charge in [-0.1, -0.05) is 25.5 Å². The van der Waals surface area contributed by atoms with Gasteiger partial charge in [0, 0.05) is 17.8 Å². The van der Waals surface area contributed by atoms with Gasteiger partial charge in [0.15, 0.2) is 0 Å². The van der Waals surface area contributed by atoms with Gasteiger partial charge in [0.05, 0.1) is 0 Å². The highest BCUT2D eigenvalue weighted by Crippen LogP contribution is 2.65. The molecule has 0 aromatic heterocycles. The zero-order chi connectivity index (χ0) is 22.8. The molecule has 5 nitrogen and oxygen atoms in total. The molecule has 4 aliphatic rings. The summed E-state index contributed by atoms with van der Waals surface area (Å²) in [6.07, 6.45) is 8.82. The molecule has 0 heterocycles. The summed E-state index contributed by atoms with van der Waals surface area (Å²) in [6.45, 7) is 5.41. The van der Waals surface area contributed by atoms with Gasteiger partial charge in [-0.3, -0.25) is 4.79 Å². The molecule has 9 heteroatoms. The number of esters is 1. The molecule has 31 heavy (non-hydrogen) atoms. The fourth-order valence-electron chi connectivity index (χ4n) is 6.90. The van der Waals surface area contributed by atoms with Crippen molar-refractivity contribution in [2.24, 2.45) is 28.6 Å². The fourth-order valence-corrected chi connectivity index (χ4v) is 7.49. The van der Waals surface area contributed by atoms with Crippen LogP contribution in [0, 0.1) is 28.6 Å². The zero-order valence-electron chi connectivity index (χ0n) is 18.0. The summed E-state index contributed by atoms with van der Waals surface area (Å²) in [7, 11) is -5.69. The van der Waals surface area contributed by atoms with Crippen LogP contribution in [-0.4, -0.2) is 26.0 Å². The summed E-state index contributed by atoms with van der Waals surface area (Å²) in [5, 5.41) is 0. The van der Waals surface area contributed by atoms with Crippen LogP contribution in [0.15, 0.2) is 23.5 Å². The van der Waals surface area contributed by atoms with Crippen LogP contribution in [0.5, 0.6) is 0 Å². The van der Waals surface area contributed by atoms with E-state index in [1.54, 1.807) is 0 Å². The monoisotopic (exact) mass is 462 g/mol. The van der Waals surface area contributed by atoms with Crippen molar-refractivity contribution in [2.45, 2.75) is 77.3 Å². The van der Waals surface area contributed by atoms with E-state index in [1.165, 1.54) is 18.6 Å². The molecule has 6 atom stereocenters. The van der Waals surface area contributed by atoms with Crippen LogP contribution in [0.2, 0.25) is 0 Å². The lowest BCUT2D eigenvalue weighted by Gasteiger charge is -2.58. The van der Waals surface area contributed by atoms with Crippen LogP contribution in [0.3, 0.4) is 0 Å². The fraction of sp³-hybridized carbons (Fsp3) is 0.773. The van der Waals surface area contributed by atoms with Crippen molar-refractivity contribution >= 4 is 16.1 Å². The third kappa shape index (κ3) is 3.42. The van der Waals surface area contributed by atoms with Gasteiger partial charge in [-0.05, 0) is 68.8 Å². The first kappa shape index (κ1) is 22.7. The summed E-state index contributed by atoms with van der Waals surface area (Å²) in [5.74, 6) is -0.00443. The second-order valence-electron chi connectivity index (χ2n) is 9.86. The Hall–Kier alpha value is -1.51. The van der Waals surface area contributed by atoms with Crippen molar-refractivity contribution in [2.75, 3.05) is 0 Å². The van der Waals surface area contributed by atoms with Crippen molar-refractivity contribution < 1.29 is 35.3 Å². The molecule has 2 saturated carbocycles. The van der Waals surface area contributed by atoms with Crippen molar-refractivity contribution in [3.05, 3.63) is 23.5 Å². The van der Waals surface area contributed by atoms with Crippen LogP contribution in [0.1, 0.15) is 65.7 Å². The number of hydrogen-bond donors (Lipinski definition) is 0. The average Bonchev–Trinajstić information content (AvgIpc) is 2.97. The van der Waals surface area contributed by atoms with Gasteiger partial charge in [-0.25, -0.2) is 0 Å². The molecule has 0 radical (unpaired) electrons. The van der Waals surface area contributed by atoms with E-state index in [-0.39, 0.29) is 41.0 Å². The number of carbonyl (C=O) groups excluding carboxylic acids is 1. The maximum absolute atomic E-state index is 12.9. The zero-order valence-corrected chi connectivity index (χ0v) is 18.8. The predicted molar refractivity (Wildman–Crippen MR) is 107 cm³/mol. The smallest absolute Gasteiger partial charge is 0.462 e. The molecule has 4 aliphatic carbocycles. The maximum Gasteiger partial charge on any atom is 0.534 e. The Bertz CT molecular complexity index is 937. The molecule has 0 amide bonds. The number of fused-ring (bicyclic) bond motifs is 5. The summed E-state index contributed by atoms with van der Waals surface area (Å²) in [4.78, 5) is 11.8. The van der Waals surface area contributed by atoms with Crippen molar-refractivity contribution in [1.82, 2.24) is 0 Å². The van der Waals surface area contributed by atoms with Crippen molar-refractivity contribution in [1.29, 1.82) is 0 Å². The van der Waals surface area contributed by atoms with E-state index in [2.05, 4.69) is 17.2 Å². The number of rotatable bonds is 3. The SMILES string of the molecule is CC(=O)OC1CCCC2=CC[C@H]3[C@@H]4CC=C(OS(=O)(=O)C(F)(F)F)[C@@]4(C)CC[C@@H]3[C@]21C. The molecular weight excluding hydrogens is 433 g/mol. The molecule has 0 saturated heterocycles. The van der Waals surface area contributed by atoms with Crippen LogP contribution in [0.25, 0.3) is 0 Å². The van der Waals surface area contributed by atoms with Gasteiger partial charge in [0.2, 0.25) is 0 Å². The number of carbonyl (C=O) groups is 1. The first-order valence-corrected chi connectivity index (χ1v) is 12.3. The van der Waals surface area contributed by atoms with E-state index >= 15 is 0 Å². The Balaban J connectivity index is 1.63. The molecule has 0 aliphatic heterocycles. The molecule has 4 rings (SSSR count). The molecule has 0 N–H and O–H groups in total. The Kier molecular flexibility index (Phi) is 5.30. The van der Waals surface area contributed by atoms with Crippen LogP contribution < -0.4 is 0 Å². The summed E-state index contributed by atoms with van der Waals surface area (Å²) < 4.78 is 72.4. The highest BCUT2D eigenvalue weighted by atomic mass is 32.2. The summed E-state index contributed by atoms with van der Waals surface area (Å²) >= 11 is 0. The highest BCUT2D eigenvalue weighted by molar-refractivity contribution is 7.87. The Morgan fingerprint density at radius 1 is 1.13 bits per heavy atom. The van der Waals surface area contributed by atoms with Crippen LogP contribution in [-0.2, 0) is 23.8 Å². The number of hydrogen-bond acceptors (Lipinski definition) is 5. The third-order valence-corrected chi connectivity index (χ3v) is 9.38. The third-order valence-electron chi connectivity index (χ3n) is 8.42. The number of alkyl halides is 3. The lowest BCUT2D eigenvalue weighted by Crippen LogP contribution is -2.54. The normalized spacial score (nSPS) is 40.1. The molecule has 0 aromatic rings. The highest BCUT2D eigenvalue weighted by Gasteiger charge is 2.61. The van der Waals surface area contributed by atoms with Crippen LogP contribution >= 0.6 is 0 Å². The van der Waals surface area contributed by atoms with Gasteiger partial charge in [-0.2, -0.15) is 21.6 Å². The summed E-state index contributed by atoms with van der Waals surface area (Å²) in [5.41, 5.74) is -5.19. The molecule has 174 valence electrons. The van der Waals surface area contributed by atoms with Crippen LogP contribution in [0.4, 0.5) is 13.2 Å². The Morgan fingerprint density at radius 2 is 1.84 bits per heavy atom. The predicted octanol–water partition coefficient (Wildman–Crippen LogP) is 5.24. The maximum atomic E-state index is 12.9. The first-order valence-electron chi connectivity index (χ1n) is 10.9. The molecular formula is C22H29F3O5S. The number of ether oxygens (including phenoxy) is 1. The minimum atomic E-state index is -5.69. The molecule has 0 bridgehead atoms. The van der Waals surface area contributed by atoms with Crippen molar-refractivity contribution in [3.8, 4) is 0 Å². The Labute approximate surface area is 181 Å². The lowest BCUT2D eigenvalue weighted by atomic mass is 9.47. The Morgan fingerprint density at radius 3 is 2.48 bits per heavy atom. The van der Waals surface area contributed by atoms with Crippen molar-refractivity contribution in [3.63, 3.8) is 0 Å². The second kappa shape index (κ2) is 7.25. The number of halogens is 3. The molecule has 0 aromatic carbocycles.